The molecule has 1 fully saturated rings. The molecule has 2 heteroatoms. The van der Waals surface area contributed by atoms with Gasteiger partial charge in [-0.25, -0.2) is 0 Å². The fourth-order valence-electron chi connectivity index (χ4n) is 3.12. The zero-order chi connectivity index (χ0) is 14.5. The summed E-state index contributed by atoms with van der Waals surface area (Å²) in [5, 5.41) is 3.76. The van der Waals surface area contributed by atoms with E-state index in [4.69, 9.17) is 0 Å². The summed E-state index contributed by atoms with van der Waals surface area (Å²) in [6.45, 7) is 11.3. The second kappa shape index (κ2) is 7.24. The van der Waals surface area contributed by atoms with Crippen LogP contribution in [0.2, 0.25) is 0 Å². The van der Waals surface area contributed by atoms with Crippen molar-refractivity contribution < 1.29 is 0 Å². The van der Waals surface area contributed by atoms with Gasteiger partial charge in [0.15, 0.2) is 0 Å². The van der Waals surface area contributed by atoms with E-state index < -0.39 is 0 Å². The second-order valence-electron chi connectivity index (χ2n) is 6.14. The minimum atomic E-state index is 0.441. The number of rotatable bonds is 8. The molecule has 1 aliphatic rings. The van der Waals surface area contributed by atoms with E-state index in [9.17, 15) is 0 Å². The molecule has 0 radical (unpaired) electrons. The van der Waals surface area contributed by atoms with Crippen LogP contribution in [0.1, 0.15) is 57.2 Å². The first-order chi connectivity index (χ1) is 9.67. The molecule has 112 valence electrons. The standard InChI is InChI=1S/C18H30N2/c1-5-13-19-18(16-9-7-14(3)8-10-16)15(4)20(6-2)17-11-12-17/h7-10,15,17-19H,5-6,11-13H2,1-4H3. The van der Waals surface area contributed by atoms with E-state index in [-0.39, 0.29) is 0 Å². The van der Waals surface area contributed by atoms with Gasteiger partial charge in [-0.3, -0.25) is 4.90 Å². The average Bonchev–Trinajstić information content (AvgIpc) is 3.27. The van der Waals surface area contributed by atoms with Crippen LogP contribution >= 0.6 is 0 Å². The zero-order valence-corrected chi connectivity index (χ0v) is 13.5. The topological polar surface area (TPSA) is 15.3 Å². The number of nitrogens with one attached hydrogen (secondary N) is 1. The van der Waals surface area contributed by atoms with Crippen LogP contribution < -0.4 is 5.32 Å². The third-order valence-corrected chi connectivity index (χ3v) is 4.44. The first kappa shape index (κ1) is 15.5. The van der Waals surface area contributed by atoms with E-state index in [1.807, 2.05) is 0 Å². The van der Waals surface area contributed by atoms with Crippen molar-refractivity contribution in [2.24, 2.45) is 0 Å². The van der Waals surface area contributed by atoms with Gasteiger partial charge in [-0.2, -0.15) is 0 Å². The monoisotopic (exact) mass is 274 g/mol. The first-order valence-electron chi connectivity index (χ1n) is 8.23. The Bertz CT molecular complexity index is 394. The van der Waals surface area contributed by atoms with E-state index in [0.717, 1.165) is 19.1 Å². The van der Waals surface area contributed by atoms with Gasteiger partial charge in [0.1, 0.15) is 0 Å². The van der Waals surface area contributed by atoms with Gasteiger partial charge in [-0.1, -0.05) is 43.7 Å². The molecule has 1 aromatic rings. The third kappa shape index (κ3) is 3.83. The second-order valence-corrected chi connectivity index (χ2v) is 6.14. The smallest absolute Gasteiger partial charge is 0.0475 e. The molecule has 2 unspecified atom stereocenters. The SMILES string of the molecule is CCCNC(c1ccc(C)cc1)C(C)N(CC)C1CC1. The highest BCUT2D eigenvalue weighted by Crippen LogP contribution is 2.32. The summed E-state index contributed by atoms with van der Waals surface area (Å²) < 4.78 is 0. The molecule has 1 aromatic carbocycles. The third-order valence-electron chi connectivity index (χ3n) is 4.44. The zero-order valence-electron chi connectivity index (χ0n) is 13.5. The van der Waals surface area contributed by atoms with Gasteiger partial charge in [0.05, 0.1) is 0 Å². The quantitative estimate of drug-likeness (QED) is 0.773. The molecule has 0 spiro atoms. The molecule has 1 aliphatic carbocycles. The average molecular weight is 274 g/mol. The lowest BCUT2D eigenvalue weighted by Crippen LogP contribution is -2.44. The summed E-state index contributed by atoms with van der Waals surface area (Å²) in [6.07, 6.45) is 3.95. The molecule has 0 aromatic heterocycles. The van der Waals surface area contributed by atoms with Crippen molar-refractivity contribution in [2.75, 3.05) is 13.1 Å². The van der Waals surface area contributed by atoms with E-state index >= 15 is 0 Å². The molecule has 0 saturated heterocycles. The predicted octanol–water partition coefficient (Wildman–Crippen LogP) is 3.91. The Labute approximate surface area is 124 Å². The lowest BCUT2D eigenvalue weighted by Gasteiger charge is -2.35. The van der Waals surface area contributed by atoms with Gasteiger partial charge >= 0.3 is 0 Å². The van der Waals surface area contributed by atoms with E-state index in [1.165, 1.54) is 30.4 Å². The summed E-state index contributed by atoms with van der Waals surface area (Å²) in [4.78, 5) is 2.67. The number of hydrogen-bond acceptors (Lipinski definition) is 2. The first-order valence-corrected chi connectivity index (χ1v) is 8.23. The van der Waals surface area contributed by atoms with Crippen LogP contribution in [0, 0.1) is 6.92 Å². The van der Waals surface area contributed by atoms with Crippen LogP contribution in [-0.2, 0) is 0 Å². The van der Waals surface area contributed by atoms with Crippen molar-refractivity contribution in [1.82, 2.24) is 10.2 Å². The van der Waals surface area contributed by atoms with Crippen molar-refractivity contribution in [3.8, 4) is 0 Å². The molecular weight excluding hydrogens is 244 g/mol. The molecule has 0 aliphatic heterocycles. The van der Waals surface area contributed by atoms with Gasteiger partial charge in [-0.15, -0.1) is 0 Å². The number of benzene rings is 1. The minimum absolute atomic E-state index is 0.441. The van der Waals surface area contributed by atoms with Gasteiger partial charge < -0.3 is 5.32 Å². The number of hydrogen-bond donors (Lipinski definition) is 1. The Balaban J connectivity index is 2.14. The van der Waals surface area contributed by atoms with Crippen molar-refractivity contribution in [2.45, 2.75) is 65.1 Å². The highest BCUT2D eigenvalue weighted by atomic mass is 15.2. The van der Waals surface area contributed by atoms with Crippen molar-refractivity contribution >= 4 is 0 Å². The van der Waals surface area contributed by atoms with Gasteiger partial charge in [0, 0.05) is 18.1 Å². The minimum Gasteiger partial charge on any atom is -0.309 e. The van der Waals surface area contributed by atoms with Crippen molar-refractivity contribution in [3.63, 3.8) is 0 Å². The number of nitrogens with zero attached hydrogens (tertiary/aromatic N) is 1. The molecule has 2 atom stereocenters. The Morgan fingerprint density at radius 3 is 2.35 bits per heavy atom. The summed E-state index contributed by atoms with van der Waals surface area (Å²) >= 11 is 0. The molecule has 1 saturated carbocycles. The maximum atomic E-state index is 3.76. The predicted molar refractivity (Wildman–Crippen MR) is 87.1 cm³/mol. The maximum Gasteiger partial charge on any atom is 0.0475 e. The molecule has 2 rings (SSSR count). The van der Waals surface area contributed by atoms with Gasteiger partial charge in [0.25, 0.3) is 0 Å². The normalized spacial score (nSPS) is 18.2. The highest BCUT2D eigenvalue weighted by molar-refractivity contribution is 5.25. The summed E-state index contributed by atoms with van der Waals surface area (Å²) in [5.41, 5.74) is 2.76. The lowest BCUT2D eigenvalue weighted by molar-refractivity contribution is 0.168. The van der Waals surface area contributed by atoms with Crippen molar-refractivity contribution in [1.29, 1.82) is 0 Å². The molecule has 2 nitrogen and oxygen atoms in total. The van der Waals surface area contributed by atoms with Crippen molar-refractivity contribution in [3.05, 3.63) is 35.4 Å². The molecular formula is C18H30N2. The Hall–Kier alpha value is -0.860. The van der Waals surface area contributed by atoms with Crippen LogP contribution in [0.3, 0.4) is 0 Å². The van der Waals surface area contributed by atoms with E-state index in [0.29, 0.717) is 12.1 Å². The molecule has 20 heavy (non-hydrogen) atoms. The molecule has 0 bridgehead atoms. The van der Waals surface area contributed by atoms with E-state index in [2.05, 4.69) is 62.2 Å². The summed E-state index contributed by atoms with van der Waals surface area (Å²) in [7, 11) is 0. The number of aryl methyl sites for hydroxylation is 1. The van der Waals surface area contributed by atoms with E-state index in [1.54, 1.807) is 0 Å². The summed E-state index contributed by atoms with van der Waals surface area (Å²) in [5.74, 6) is 0. The summed E-state index contributed by atoms with van der Waals surface area (Å²) in [6, 6.07) is 10.9. The highest BCUT2D eigenvalue weighted by Gasteiger charge is 2.34. The lowest BCUT2D eigenvalue weighted by atomic mass is 9.97. The fourth-order valence-corrected chi connectivity index (χ4v) is 3.12. The van der Waals surface area contributed by atoms with Crippen LogP contribution in [-0.4, -0.2) is 30.1 Å². The molecule has 1 N–H and O–H groups in total. The Morgan fingerprint density at radius 1 is 1.20 bits per heavy atom. The maximum absolute atomic E-state index is 3.76. The van der Waals surface area contributed by atoms with Crippen LogP contribution in [0.4, 0.5) is 0 Å². The van der Waals surface area contributed by atoms with Gasteiger partial charge in [-0.05, 0) is 51.8 Å². The van der Waals surface area contributed by atoms with Gasteiger partial charge in [0.2, 0.25) is 0 Å². The van der Waals surface area contributed by atoms with Crippen LogP contribution in [0.15, 0.2) is 24.3 Å². The largest absolute Gasteiger partial charge is 0.309 e. The fraction of sp³-hybridized carbons (Fsp3) is 0.667. The van der Waals surface area contributed by atoms with Crippen LogP contribution in [0.25, 0.3) is 0 Å². The Kier molecular flexibility index (Phi) is 5.62. The van der Waals surface area contributed by atoms with Crippen LogP contribution in [0.5, 0.6) is 0 Å². The Morgan fingerprint density at radius 2 is 1.85 bits per heavy atom. The molecule has 0 heterocycles. The molecule has 0 amide bonds. The number of likely N-dealkylation sites (N-methyl/N-ethyl adjacent to an activating group) is 1.